The van der Waals surface area contributed by atoms with Gasteiger partial charge in [0.1, 0.15) is 0 Å². The molecule has 22 heavy (non-hydrogen) atoms. The zero-order chi connectivity index (χ0) is 17.2. The Morgan fingerprint density at radius 2 is 1.18 bits per heavy atom. The number of alkyl halides is 1. The Bertz CT molecular complexity index is 257. The Hall–Kier alpha value is 0.650. The first-order valence-corrected chi connectivity index (χ1v) is 10.3. The molecule has 0 bridgehead atoms. The zero-order valence-corrected chi connectivity index (χ0v) is 18.2. The lowest BCUT2D eigenvalue weighted by Gasteiger charge is -2.46. The molecule has 3 heteroatoms. The SMILES string of the molecule is CCCCOC(I)(OCCCC)C(C)(CC(C)C)CC(C)C. The van der Waals surface area contributed by atoms with Crippen LogP contribution in [0.2, 0.25) is 0 Å². The Morgan fingerprint density at radius 1 is 0.818 bits per heavy atom. The van der Waals surface area contributed by atoms with Gasteiger partial charge in [0.25, 0.3) is 0 Å². The van der Waals surface area contributed by atoms with Crippen molar-refractivity contribution < 1.29 is 9.47 Å². The monoisotopic (exact) mass is 426 g/mol. The predicted molar refractivity (Wildman–Crippen MR) is 105 cm³/mol. The highest BCUT2D eigenvalue weighted by Crippen LogP contribution is 2.50. The molecule has 0 aromatic rings. The molecule has 0 amide bonds. The van der Waals surface area contributed by atoms with Crippen molar-refractivity contribution in [1.29, 1.82) is 0 Å². The number of halogens is 1. The third-order valence-corrected chi connectivity index (χ3v) is 5.93. The molecule has 0 fully saturated rings. The number of rotatable bonds is 13. The number of unbranched alkanes of at least 4 members (excludes halogenated alkanes) is 2. The third-order valence-electron chi connectivity index (χ3n) is 4.01. The highest BCUT2D eigenvalue weighted by atomic mass is 127. The topological polar surface area (TPSA) is 18.5 Å². The maximum absolute atomic E-state index is 6.35. The lowest BCUT2D eigenvalue weighted by atomic mass is 9.75. The van der Waals surface area contributed by atoms with Crippen LogP contribution in [0.3, 0.4) is 0 Å². The summed E-state index contributed by atoms with van der Waals surface area (Å²) in [6.07, 6.45) is 6.78. The molecule has 0 aliphatic carbocycles. The van der Waals surface area contributed by atoms with E-state index in [9.17, 15) is 0 Å². The number of hydrogen-bond donors (Lipinski definition) is 0. The van der Waals surface area contributed by atoms with Crippen molar-refractivity contribution in [1.82, 2.24) is 0 Å². The quantitative estimate of drug-likeness (QED) is 0.139. The minimum Gasteiger partial charge on any atom is -0.341 e. The summed E-state index contributed by atoms with van der Waals surface area (Å²) in [6.45, 7) is 17.5. The van der Waals surface area contributed by atoms with E-state index in [-0.39, 0.29) is 5.41 Å². The van der Waals surface area contributed by atoms with Crippen LogP contribution >= 0.6 is 22.6 Å². The van der Waals surface area contributed by atoms with Gasteiger partial charge in [-0.1, -0.05) is 61.3 Å². The molecule has 0 unspecified atom stereocenters. The second kappa shape index (κ2) is 11.2. The van der Waals surface area contributed by atoms with Gasteiger partial charge in [0, 0.05) is 5.41 Å². The maximum atomic E-state index is 6.35. The van der Waals surface area contributed by atoms with Gasteiger partial charge in [0.05, 0.1) is 13.2 Å². The Morgan fingerprint density at radius 3 is 1.45 bits per heavy atom. The fraction of sp³-hybridized carbons (Fsp3) is 1.00. The van der Waals surface area contributed by atoms with E-state index in [4.69, 9.17) is 9.47 Å². The average molecular weight is 426 g/mol. The molecule has 134 valence electrons. The molecular formula is C19H39IO2. The van der Waals surface area contributed by atoms with Crippen LogP contribution in [0.4, 0.5) is 0 Å². The Kier molecular flexibility index (Phi) is 11.6. The van der Waals surface area contributed by atoms with Gasteiger partial charge >= 0.3 is 0 Å². The van der Waals surface area contributed by atoms with E-state index >= 15 is 0 Å². The normalized spacial score (nSPS) is 13.4. The summed E-state index contributed by atoms with van der Waals surface area (Å²) in [7, 11) is 0. The van der Waals surface area contributed by atoms with Crippen LogP contribution < -0.4 is 0 Å². The molecule has 0 N–H and O–H groups in total. The largest absolute Gasteiger partial charge is 0.341 e. The molecule has 0 aliphatic heterocycles. The van der Waals surface area contributed by atoms with Crippen molar-refractivity contribution in [2.24, 2.45) is 17.3 Å². The maximum Gasteiger partial charge on any atom is 0.226 e. The summed E-state index contributed by atoms with van der Waals surface area (Å²) in [4.78, 5) is 0. The molecule has 0 spiro atoms. The zero-order valence-electron chi connectivity index (χ0n) is 16.0. The van der Waals surface area contributed by atoms with Crippen molar-refractivity contribution >= 4 is 22.6 Å². The van der Waals surface area contributed by atoms with Crippen molar-refractivity contribution in [3.8, 4) is 0 Å². The smallest absolute Gasteiger partial charge is 0.226 e. The van der Waals surface area contributed by atoms with Crippen LogP contribution in [0.1, 0.15) is 87.0 Å². The van der Waals surface area contributed by atoms with E-state index in [1.54, 1.807) is 0 Å². The van der Waals surface area contributed by atoms with Gasteiger partial charge in [-0.15, -0.1) is 0 Å². The lowest BCUT2D eigenvalue weighted by molar-refractivity contribution is -0.227. The van der Waals surface area contributed by atoms with Gasteiger partial charge in [0.15, 0.2) is 0 Å². The molecule has 2 nitrogen and oxygen atoms in total. The third kappa shape index (κ3) is 7.96. The van der Waals surface area contributed by atoms with E-state index < -0.39 is 3.79 Å². The van der Waals surface area contributed by atoms with E-state index in [1.807, 2.05) is 0 Å². The second-order valence-corrected chi connectivity index (χ2v) is 9.12. The summed E-state index contributed by atoms with van der Waals surface area (Å²) in [5.41, 5.74) is 0.0391. The molecular weight excluding hydrogens is 387 g/mol. The van der Waals surface area contributed by atoms with Crippen LogP contribution in [0.15, 0.2) is 0 Å². The molecule has 0 rings (SSSR count). The highest BCUT2D eigenvalue weighted by molar-refractivity contribution is 14.1. The van der Waals surface area contributed by atoms with Crippen LogP contribution in [-0.4, -0.2) is 17.0 Å². The predicted octanol–water partition coefficient (Wildman–Crippen LogP) is 6.81. The van der Waals surface area contributed by atoms with Gasteiger partial charge in [-0.2, -0.15) is 0 Å². The Balaban J connectivity index is 5.21. The van der Waals surface area contributed by atoms with E-state index in [1.165, 1.54) is 0 Å². The first-order valence-electron chi connectivity index (χ1n) is 9.17. The number of ether oxygens (including phenoxy) is 2. The molecule has 0 aromatic carbocycles. The fourth-order valence-electron chi connectivity index (χ4n) is 3.21. The average Bonchev–Trinajstić information content (AvgIpc) is 2.37. The fourth-order valence-corrected chi connectivity index (χ4v) is 4.10. The minimum absolute atomic E-state index is 0.0391. The minimum atomic E-state index is -0.510. The standard InChI is InChI=1S/C19H39IO2/c1-8-10-12-21-19(20,22-13-11-9-2)18(7,14-16(3)4)15-17(5)6/h16-17H,8-15H2,1-7H3. The van der Waals surface area contributed by atoms with Crippen molar-refractivity contribution in [2.45, 2.75) is 90.8 Å². The van der Waals surface area contributed by atoms with Crippen molar-refractivity contribution in [3.05, 3.63) is 0 Å². The van der Waals surface area contributed by atoms with Gasteiger partial charge in [-0.25, -0.2) is 0 Å². The number of hydrogen-bond acceptors (Lipinski definition) is 2. The van der Waals surface area contributed by atoms with Gasteiger partial charge in [-0.3, -0.25) is 0 Å². The summed E-state index contributed by atoms with van der Waals surface area (Å²) >= 11 is 2.46. The van der Waals surface area contributed by atoms with Crippen molar-refractivity contribution in [2.75, 3.05) is 13.2 Å². The molecule has 0 radical (unpaired) electrons. The summed E-state index contributed by atoms with van der Waals surface area (Å²) in [5.74, 6) is 1.28. The molecule has 0 aliphatic rings. The molecule has 0 heterocycles. The van der Waals surface area contributed by atoms with E-state index in [0.717, 1.165) is 51.7 Å². The molecule has 0 saturated heterocycles. The second-order valence-electron chi connectivity index (χ2n) is 7.70. The van der Waals surface area contributed by atoms with Gasteiger partial charge in [0.2, 0.25) is 3.79 Å². The molecule has 0 aromatic heterocycles. The Labute approximate surface area is 153 Å². The first-order chi connectivity index (χ1) is 10.2. The van der Waals surface area contributed by atoms with E-state index in [2.05, 4.69) is 71.1 Å². The van der Waals surface area contributed by atoms with Crippen molar-refractivity contribution in [3.63, 3.8) is 0 Å². The summed E-state index contributed by atoms with van der Waals surface area (Å²) < 4.78 is 12.2. The molecule has 0 saturated carbocycles. The van der Waals surface area contributed by atoms with Gasteiger partial charge < -0.3 is 9.47 Å². The molecule has 0 atom stereocenters. The summed E-state index contributed by atoms with van der Waals surface area (Å²) in [5, 5.41) is 0. The van der Waals surface area contributed by atoms with E-state index in [0.29, 0.717) is 11.8 Å². The van der Waals surface area contributed by atoms with Crippen LogP contribution in [0, 0.1) is 17.3 Å². The lowest BCUT2D eigenvalue weighted by Crippen LogP contribution is -2.48. The van der Waals surface area contributed by atoms with Gasteiger partial charge in [-0.05, 0) is 60.1 Å². The first kappa shape index (κ1) is 22.6. The highest BCUT2D eigenvalue weighted by Gasteiger charge is 2.49. The summed E-state index contributed by atoms with van der Waals surface area (Å²) in [6, 6.07) is 0. The van der Waals surface area contributed by atoms with Crippen LogP contribution in [-0.2, 0) is 9.47 Å². The van der Waals surface area contributed by atoms with Crippen LogP contribution in [0.25, 0.3) is 0 Å². The van der Waals surface area contributed by atoms with Crippen LogP contribution in [0.5, 0.6) is 0 Å².